The fourth-order valence-electron chi connectivity index (χ4n) is 1.97. The maximum absolute atomic E-state index is 11.9. The van der Waals surface area contributed by atoms with E-state index in [-0.39, 0.29) is 11.5 Å². The number of nitrogens with one attached hydrogen (secondary N) is 3. The van der Waals surface area contributed by atoms with Crippen LogP contribution in [0.15, 0.2) is 54.6 Å². The fourth-order valence-corrected chi connectivity index (χ4v) is 1.97. The van der Waals surface area contributed by atoms with Crippen LogP contribution in [0.5, 0.6) is 0 Å². The van der Waals surface area contributed by atoms with Gasteiger partial charge in [-0.15, -0.1) is 0 Å². The molecule has 3 amide bonds. The van der Waals surface area contributed by atoms with Gasteiger partial charge < -0.3 is 10.1 Å². The van der Waals surface area contributed by atoms with E-state index in [0.29, 0.717) is 11.3 Å². The molecule has 0 saturated carbocycles. The van der Waals surface area contributed by atoms with Gasteiger partial charge in [0.2, 0.25) is 5.91 Å². The molecule has 0 aliphatic carbocycles. The first-order chi connectivity index (χ1) is 12.5. The van der Waals surface area contributed by atoms with Gasteiger partial charge in [0.05, 0.1) is 5.56 Å². The average molecular weight is 355 g/mol. The third kappa shape index (κ3) is 5.75. The predicted molar refractivity (Wildman–Crippen MR) is 93.1 cm³/mol. The third-order valence-corrected chi connectivity index (χ3v) is 3.10. The van der Waals surface area contributed by atoms with Crippen LogP contribution in [0.4, 0.5) is 5.69 Å². The van der Waals surface area contributed by atoms with Gasteiger partial charge in [-0.05, 0) is 30.3 Å². The third-order valence-electron chi connectivity index (χ3n) is 3.10. The molecule has 0 atom stereocenters. The van der Waals surface area contributed by atoms with Crippen LogP contribution < -0.4 is 16.2 Å². The summed E-state index contributed by atoms with van der Waals surface area (Å²) in [4.78, 5) is 46.4. The highest BCUT2D eigenvalue weighted by Gasteiger charge is 2.12. The molecule has 0 fully saturated rings. The number of hydrazine groups is 1. The van der Waals surface area contributed by atoms with Crippen LogP contribution in [0.1, 0.15) is 27.6 Å². The van der Waals surface area contributed by atoms with Gasteiger partial charge in [0.1, 0.15) is 0 Å². The lowest BCUT2D eigenvalue weighted by Gasteiger charge is -2.09. The van der Waals surface area contributed by atoms with E-state index in [9.17, 15) is 19.2 Å². The summed E-state index contributed by atoms with van der Waals surface area (Å²) in [5.41, 5.74) is 5.36. The molecule has 8 heteroatoms. The monoisotopic (exact) mass is 355 g/mol. The Morgan fingerprint density at radius 1 is 0.885 bits per heavy atom. The van der Waals surface area contributed by atoms with Crippen LogP contribution in [0.3, 0.4) is 0 Å². The zero-order valence-corrected chi connectivity index (χ0v) is 13.9. The second kappa shape index (κ2) is 8.97. The smallest absolute Gasteiger partial charge is 0.338 e. The Hall–Kier alpha value is -3.68. The lowest BCUT2D eigenvalue weighted by molar-refractivity contribution is -0.125. The summed E-state index contributed by atoms with van der Waals surface area (Å²) in [5.74, 6) is -2.19. The number of rotatable bonds is 5. The van der Waals surface area contributed by atoms with Gasteiger partial charge in [0, 0.05) is 18.2 Å². The second-order valence-corrected chi connectivity index (χ2v) is 5.21. The van der Waals surface area contributed by atoms with E-state index in [2.05, 4.69) is 16.2 Å². The Morgan fingerprint density at radius 2 is 1.58 bits per heavy atom. The van der Waals surface area contributed by atoms with Crippen molar-refractivity contribution in [2.24, 2.45) is 0 Å². The minimum absolute atomic E-state index is 0.178. The molecule has 0 heterocycles. The maximum Gasteiger partial charge on any atom is 0.338 e. The Bertz CT molecular complexity index is 821. The first kappa shape index (κ1) is 18.7. The van der Waals surface area contributed by atoms with Gasteiger partial charge in [0.15, 0.2) is 6.61 Å². The molecular formula is C18H17N3O5. The summed E-state index contributed by atoms with van der Waals surface area (Å²) in [7, 11) is 0. The van der Waals surface area contributed by atoms with E-state index < -0.39 is 24.4 Å². The van der Waals surface area contributed by atoms with Crippen molar-refractivity contribution in [2.75, 3.05) is 11.9 Å². The summed E-state index contributed by atoms with van der Waals surface area (Å²) in [6.45, 7) is 0.775. The molecule has 26 heavy (non-hydrogen) atoms. The molecule has 0 unspecified atom stereocenters. The van der Waals surface area contributed by atoms with E-state index in [1.165, 1.54) is 19.1 Å². The number of carbonyl (C=O) groups excluding carboxylic acids is 4. The highest BCUT2D eigenvalue weighted by Crippen LogP contribution is 2.11. The molecule has 134 valence electrons. The molecule has 0 saturated heterocycles. The molecule has 2 aromatic rings. The number of hydrogen-bond donors (Lipinski definition) is 3. The summed E-state index contributed by atoms with van der Waals surface area (Å²) in [5, 5.41) is 2.54. The highest BCUT2D eigenvalue weighted by molar-refractivity contribution is 5.96. The Labute approximate surface area is 149 Å². The van der Waals surface area contributed by atoms with Gasteiger partial charge in [-0.25, -0.2) is 4.79 Å². The van der Waals surface area contributed by atoms with Crippen molar-refractivity contribution < 1.29 is 23.9 Å². The van der Waals surface area contributed by atoms with Gasteiger partial charge >= 0.3 is 5.97 Å². The van der Waals surface area contributed by atoms with Gasteiger partial charge in [0.25, 0.3) is 11.8 Å². The molecule has 0 spiro atoms. The standard InChI is InChI=1S/C18H17N3O5/c1-12(22)19-15-9-5-8-14(10-15)18(25)26-11-16(23)20-21-17(24)13-6-3-2-4-7-13/h2-10H,11H2,1H3,(H,19,22)(H,20,23)(H,21,24). The minimum atomic E-state index is -0.735. The number of benzene rings is 2. The van der Waals surface area contributed by atoms with Crippen molar-refractivity contribution >= 4 is 29.4 Å². The van der Waals surface area contributed by atoms with Crippen molar-refractivity contribution in [3.05, 3.63) is 65.7 Å². The van der Waals surface area contributed by atoms with Crippen LogP contribution >= 0.6 is 0 Å². The quantitative estimate of drug-likeness (QED) is 0.552. The summed E-state index contributed by atoms with van der Waals surface area (Å²) in [6, 6.07) is 14.4. The lowest BCUT2D eigenvalue weighted by atomic mass is 10.2. The number of amides is 3. The first-order valence-electron chi connectivity index (χ1n) is 7.64. The van der Waals surface area contributed by atoms with Gasteiger partial charge in [-0.3, -0.25) is 25.2 Å². The lowest BCUT2D eigenvalue weighted by Crippen LogP contribution is -2.43. The molecule has 0 aliphatic heterocycles. The molecule has 3 N–H and O–H groups in total. The SMILES string of the molecule is CC(=O)Nc1cccc(C(=O)OCC(=O)NNC(=O)c2ccccc2)c1. The normalized spacial score (nSPS) is 9.73. The van der Waals surface area contributed by atoms with Gasteiger partial charge in [-0.2, -0.15) is 0 Å². The Balaban J connectivity index is 1.80. The molecule has 0 aliphatic rings. The van der Waals surface area contributed by atoms with Crippen LogP contribution in [-0.2, 0) is 14.3 Å². The van der Waals surface area contributed by atoms with Crippen molar-refractivity contribution in [3.8, 4) is 0 Å². The second-order valence-electron chi connectivity index (χ2n) is 5.21. The predicted octanol–water partition coefficient (Wildman–Crippen LogP) is 1.26. The van der Waals surface area contributed by atoms with Crippen molar-refractivity contribution in [1.29, 1.82) is 0 Å². The van der Waals surface area contributed by atoms with E-state index >= 15 is 0 Å². The molecule has 8 nitrogen and oxygen atoms in total. The number of esters is 1. The number of carbonyl (C=O) groups is 4. The molecule has 0 radical (unpaired) electrons. The topological polar surface area (TPSA) is 114 Å². The first-order valence-corrected chi connectivity index (χ1v) is 7.64. The summed E-state index contributed by atoms with van der Waals surface area (Å²) < 4.78 is 4.87. The van der Waals surface area contributed by atoms with E-state index in [1.54, 1.807) is 42.5 Å². The number of ether oxygens (including phenoxy) is 1. The Kier molecular flexibility index (Phi) is 6.44. The number of anilines is 1. The van der Waals surface area contributed by atoms with E-state index in [4.69, 9.17) is 4.74 Å². The van der Waals surface area contributed by atoms with Crippen LogP contribution in [0.25, 0.3) is 0 Å². The van der Waals surface area contributed by atoms with Crippen molar-refractivity contribution in [1.82, 2.24) is 10.9 Å². The maximum atomic E-state index is 11.9. The van der Waals surface area contributed by atoms with E-state index in [1.807, 2.05) is 0 Å². The Morgan fingerprint density at radius 3 is 2.27 bits per heavy atom. The molecular weight excluding hydrogens is 338 g/mol. The zero-order valence-electron chi connectivity index (χ0n) is 13.9. The fraction of sp³-hybridized carbons (Fsp3) is 0.111. The average Bonchev–Trinajstić information content (AvgIpc) is 2.64. The van der Waals surface area contributed by atoms with Crippen LogP contribution in [-0.4, -0.2) is 30.3 Å². The largest absolute Gasteiger partial charge is 0.452 e. The molecule has 0 bridgehead atoms. The minimum Gasteiger partial charge on any atom is -0.452 e. The highest BCUT2D eigenvalue weighted by atomic mass is 16.5. The van der Waals surface area contributed by atoms with Gasteiger partial charge in [-0.1, -0.05) is 24.3 Å². The van der Waals surface area contributed by atoms with Crippen LogP contribution in [0, 0.1) is 0 Å². The summed E-state index contributed by atoms with van der Waals surface area (Å²) in [6.07, 6.45) is 0. The summed E-state index contributed by atoms with van der Waals surface area (Å²) >= 11 is 0. The van der Waals surface area contributed by atoms with Crippen molar-refractivity contribution in [3.63, 3.8) is 0 Å². The number of hydrogen-bond acceptors (Lipinski definition) is 5. The van der Waals surface area contributed by atoms with Crippen LogP contribution in [0.2, 0.25) is 0 Å². The van der Waals surface area contributed by atoms with Crippen molar-refractivity contribution in [2.45, 2.75) is 6.92 Å². The van der Waals surface area contributed by atoms with E-state index in [0.717, 1.165) is 0 Å². The molecule has 2 rings (SSSR count). The molecule has 0 aromatic heterocycles. The zero-order chi connectivity index (χ0) is 18.9. The molecule has 2 aromatic carbocycles.